The van der Waals surface area contributed by atoms with Crippen molar-refractivity contribution in [2.24, 2.45) is 0 Å². The van der Waals surface area contributed by atoms with Crippen molar-refractivity contribution in [1.82, 2.24) is 5.32 Å². The third-order valence-corrected chi connectivity index (χ3v) is 3.74. The molecule has 1 N–H and O–H groups in total. The third kappa shape index (κ3) is 4.34. The molecule has 0 aliphatic rings. The van der Waals surface area contributed by atoms with Crippen molar-refractivity contribution in [3.05, 3.63) is 29.8 Å². The monoisotopic (exact) mass is 298 g/mol. The molecule has 0 heterocycles. The van der Waals surface area contributed by atoms with Gasteiger partial charge in [-0.25, -0.2) is 8.42 Å². The number of hydrogen-bond acceptors (Lipinski definition) is 4. The van der Waals surface area contributed by atoms with Crippen LogP contribution < -0.4 is 9.62 Å². The zero-order valence-corrected chi connectivity index (χ0v) is 12.5. The number of Topliss-reactive ketones (excluding diaryl/α,β-unsaturated/α-hetero) is 1. The van der Waals surface area contributed by atoms with Crippen LogP contribution in [0.1, 0.15) is 24.2 Å². The predicted molar refractivity (Wildman–Crippen MR) is 77.3 cm³/mol. The smallest absolute Gasteiger partial charge is 0.240 e. The topological polar surface area (TPSA) is 83.6 Å². The van der Waals surface area contributed by atoms with Crippen molar-refractivity contribution in [3.8, 4) is 0 Å². The third-order valence-electron chi connectivity index (χ3n) is 2.60. The summed E-state index contributed by atoms with van der Waals surface area (Å²) in [7, 11) is -3.61. The largest absolute Gasteiger partial charge is 0.355 e. The van der Waals surface area contributed by atoms with Crippen LogP contribution in [0.25, 0.3) is 0 Å². The minimum Gasteiger partial charge on any atom is -0.355 e. The number of amides is 1. The molecule has 0 atom stereocenters. The van der Waals surface area contributed by atoms with Crippen LogP contribution in [0.2, 0.25) is 0 Å². The molecular formula is C13H18N2O4S. The summed E-state index contributed by atoms with van der Waals surface area (Å²) in [5.74, 6) is -0.565. The summed E-state index contributed by atoms with van der Waals surface area (Å²) in [6.07, 6.45) is 1.02. The molecule has 7 heteroatoms. The van der Waals surface area contributed by atoms with E-state index in [0.29, 0.717) is 17.8 Å². The summed E-state index contributed by atoms with van der Waals surface area (Å²) in [6, 6.07) is 6.19. The fraction of sp³-hybridized carbons (Fsp3) is 0.385. The van der Waals surface area contributed by atoms with E-state index in [2.05, 4.69) is 5.32 Å². The maximum absolute atomic E-state index is 11.8. The molecule has 0 radical (unpaired) electrons. The molecule has 0 aromatic heterocycles. The Balaban J connectivity index is 3.15. The van der Waals surface area contributed by atoms with E-state index >= 15 is 0 Å². The summed E-state index contributed by atoms with van der Waals surface area (Å²) in [6.45, 7) is 3.25. The van der Waals surface area contributed by atoms with Gasteiger partial charge in [0, 0.05) is 12.1 Å². The molecule has 0 fully saturated rings. The van der Waals surface area contributed by atoms with Gasteiger partial charge in [-0.05, 0) is 26.0 Å². The minimum atomic E-state index is -3.61. The molecule has 1 aromatic rings. The lowest BCUT2D eigenvalue weighted by Gasteiger charge is -2.22. The summed E-state index contributed by atoms with van der Waals surface area (Å²) in [5.41, 5.74) is 0.693. The Labute approximate surface area is 118 Å². The lowest BCUT2D eigenvalue weighted by atomic mass is 10.1. The molecule has 110 valence electrons. The number of sulfonamides is 1. The Morgan fingerprint density at radius 2 is 1.95 bits per heavy atom. The van der Waals surface area contributed by atoms with Crippen LogP contribution in [0.4, 0.5) is 5.69 Å². The zero-order valence-electron chi connectivity index (χ0n) is 11.7. The van der Waals surface area contributed by atoms with Gasteiger partial charge < -0.3 is 5.32 Å². The first-order valence-electron chi connectivity index (χ1n) is 6.11. The number of carbonyl (C=O) groups excluding carboxylic acids is 2. The van der Waals surface area contributed by atoms with Crippen molar-refractivity contribution in [2.45, 2.75) is 13.8 Å². The van der Waals surface area contributed by atoms with Crippen LogP contribution in [0.3, 0.4) is 0 Å². The van der Waals surface area contributed by atoms with E-state index in [1.165, 1.54) is 13.0 Å². The maximum Gasteiger partial charge on any atom is 0.240 e. The van der Waals surface area contributed by atoms with Crippen LogP contribution in [0.5, 0.6) is 0 Å². The van der Waals surface area contributed by atoms with Crippen LogP contribution in [0.15, 0.2) is 24.3 Å². The second kappa shape index (κ2) is 6.51. The highest BCUT2D eigenvalue weighted by molar-refractivity contribution is 7.92. The van der Waals surface area contributed by atoms with Crippen molar-refractivity contribution in [3.63, 3.8) is 0 Å². The lowest BCUT2D eigenvalue weighted by molar-refractivity contribution is -0.119. The summed E-state index contributed by atoms with van der Waals surface area (Å²) in [4.78, 5) is 23.0. The number of nitrogens with one attached hydrogen (secondary N) is 1. The minimum absolute atomic E-state index is 0.168. The molecule has 20 heavy (non-hydrogen) atoms. The van der Waals surface area contributed by atoms with Gasteiger partial charge in [0.05, 0.1) is 11.9 Å². The molecular weight excluding hydrogens is 280 g/mol. The van der Waals surface area contributed by atoms with E-state index in [0.717, 1.165) is 10.6 Å². The molecule has 0 saturated heterocycles. The number of hydrogen-bond donors (Lipinski definition) is 1. The van der Waals surface area contributed by atoms with Gasteiger partial charge in [0.25, 0.3) is 0 Å². The van der Waals surface area contributed by atoms with Gasteiger partial charge in [0.15, 0.2) is 5.78 Å². The fourth-order valence-corrected chi connectivity index (χ4v) is 2.51. The van der Waals surface area contributed by atoms with Gasteiger partial charge in [-0.3, -0.25) is 13.9 Å². The SMILES string of the molecule is CCNC(=O)CN(c1cccc(C(C)=O)c1)S(C)(=O)=O. The molecule has 6 nitrogen and oxygen atoms in total. The molecule has 1 amide bonds. The first-order chi connectivity index (χ1) is 9.25. The normalized spacial score (nSPS) is 10.9. The first kappa shape index (κ1) is 16.2. The van der Waals surface area contributed by atoms with E-state index in [4.69, 9.17) is 0 Å². The van der Waals surface area contributed by atoms with Crippen molar-refractivity contribution >= 4 is 27.4 Å². The van der Waals surface area contributed by atoms with Gasteiger partial charge >= 0.3 is 0 Å². The molecule has 0 aliphatic heterocycles. The van der Waals surface area contributed by atoms with E-state index in [1.807, 2.05) is 0 Å². The molecule has 1 rings (SSSR count). The van der Waals surface area contributed by atoms with E-state index in [-0.39, 0.29) is 12.3 Å². The van der Waals surface area contributed by atoms with Gasteiger partial charge in [0.2, 0.25) is 15.9 Å². The van der Waals surface area contributed by atoms with Crippen LogP contribution in [-0.2, 0) is 14.8 Å². The average Bonchev–Trinajstić information content (AvgIpc) is 2.35. The Hall–Kier alpha value is -1.89. The number of carbonyl (C=O) groups is 2. The number of anilines is 1. The molecule has 0 unspecified atom stereocenters. The summed E-state index contributed by atoms with van der Waals surface area (Å²) in [5, 5.41) is 2.54. The Morgan fingerprint density at radius 3 is 2.45 bits per heavy atom. The Bertz CT molecular complexity index is 611. The highest BCUT2D eigenvalue weighted by atomic mass is 32.2. The van der Waals surface area contributed by atoms with Crippen LogP contribution >= 0.6 is 0 Å². The molecule has 0 aliphatic carbocycles. The van der Waals surface area contributed by atoms with E-state index in [9.17, 15) is 18.0 Å². The molecule has 1 aromatic carbocycles. The van der Waals surface area contributed by atoms with Gasteiger partial charge in [-0.1, -0.05) is 12.1 Å². The number of nitrogens with zero attached hydrogens (tertiary/aromatic N) is 1. The van der Waals surface area contributed by atoms with Crippen molar-refractivity contribution in [2.75, 3.05) is 23.7 Å². The highest BCUT2D eigenvalue weighted by Crippen LogP contribution is 2.19. The van der Waals surface area contributed by atoms with Crippen molar-refractivity contribution in [1.29, 1.82) is 0 Å². The Morgan fingerprint density at radius 1 is 1.30 bits per heavy atom. The van der Waals surface area contributed by atoms with Gasteiger partial charge in [-0.2, -0.15) is 0 Å². The number of likely N-dealkylation sites (N-methyl/N-ethyl adjacent to an activating group) is 1. The second-order valence-electron chi connectivity index (χ2n) is 4.33. The highest BCUT2D eigenvalue weighted by Gasteiger charge is 2.21. The maximum atomic E-state index is 11.8. The molecule has 0 saturated carbocycles. The van der Waals surface area contributed by atoms with Gasteiger partial charge in [0.1, 0.15) is 6.54 Å². The van der Waals surface area contributed by atoms with E-state index in [1.54, 1.807) is 25.1 Å². The lowest BCUT2D eigenvalue weighted by Crippen LogP contribution is -2.40. The van der Waals surface area contributed by atoms with Crippen LogP contribution in [-0.4, -0.2) is 39.5 Å². The number of benzene rings is 1. The molecule has 0 spiro atoms. The van der Waals surface area contributed by atoms with Gasteiger partial charge in [-0.15, -0.1) is 0 Å². The average molecular weight is 298 g/mol. The summed E-state index contributed by atoms with van der Waals surface area (Å²) < 4.78 is 24.6. The molecule has 0 bridgehead atoms. The van der Waals surface area contributed by atoms with Crippen LogP contribution in [0, 0.1) is 0 Å². The fourth-order valence-electron chi connectivity index (χ4n) is 1.66. The zero-order chi connectivity index (χ0) is 15.3. The standard InChI is InChI=1S/C13H18N2O4S/c1-4-14-13(17)9-15(20(3,18)19)12-7-5-6-11(8-12)10(2)16/h5-8H,4,9H2,1-3H3,(H,14,17). The summed E-state index contributed by atoms with van der Waals surface area (Å²) >= 11 is 0. The number of ketones is 1. The van der Waals surface area contributed by atoms with E-state index < -0.39 is 15.9 Å². The Kier molecular flexibility index (Phi) is 5.26. The quantitative estimate of drug-likeness (QED) is 0.787. The first-order valence-corrected chi connectivity index (χ1v) is 7.96. The second-order valence-corrected chi connectivity index (χ2v) is 6.24. The van der Waals surface area contributed by atoms with Crippen molar-refractivity contribution < 1.29 is 18.0 Å². The number of rotatable bonds is 6. The predicted octanol–water partition coefficient (Wildman–Crippen LogP) is 0.791.